The Morgan fingerprint density at radius 3 is 2.24 bits per heavy atom. The van der Waals surface area contributed by atoms with Crippen molar-refractivity contribution in [2.24, 2.45) is 5.92 Å². The van der Waals surface area contributed by atoms with Crippen LogP contribution in [0, 0.1) is 17.2 Å². The molecule has 0 bridgehead atoms. The number of nitrogens with zero attached hydrogens (tertiary/aromatic N) is 2. The van der Waals surface area contributed by atoms with Gasteiger partial charge in [0.1, 0.15) is 0 Å². The van der Waals surface area contributed by atoms with Crippen LogP contribution in [0.15, 0.2) is 59.9 Å². The minimum absolute atomic E-state index is 0.507. The molecule has 0 atom stereocenters. The zero-order valence-electron chi connectivity index (χ0n) is 13.5. The lowest BCUT2D eigenvalue weighted by molar-refractivity contribution is 0.252. The van der Waals surface area contributed by atoms with Gasteiger partial charge in [0.05, 0.1) is 6.07 Å². The molecule has 1 fully saturated rings. The Morgan fingerprint density at radius 1 is 1.14 bits per heavy atom. The second-order valence-corrected chi connectivity index (χ2v) is 5.44. The third-order valence-corrected chi connectivity index (χ3v) is 4.21. The van der Waals surface area contributed by atoms with Crippen LogP contribution in [-0.4, -0.2) is 18.0 Å². The lowest BCUT2D eigenvalue weighted by Crippen LogP contribution is -2.33. The largest absolute Gasteiger partial charge is 0.372 e. The molecule has 21 heavy (non-hydrogen) atoms. The number of nitriles is 1. The topological polar surface area (TPSA) is 27.0 Å². The van der Waals surface area contributed by atoms with Gasteiger partial charge in [-0.05, 0) is 51.2 Å². The highest BCUT2D eigenvalue weighted by Crippen LogP contribution is 2.27. The van der Waals surface area contributed by atoms with Gasteiger partial charge in [-0.3, -0.25) is 0 Å². The first-order valence-electron chi connectivity index (χ1n) is 7.53. The molecule has 0 spiro atoms. The van der Waals surface area contributed by atoms with Crippen LogP contribution in [0.1, 0.15) is 33.6 Å². The second kappa shape index (κ2) is 8.32. The molecular weight excluding hydrogens is 256 g/mol. The van der Waals surface area contributed by atoms with E-state index in [0.717, 1.165) is 37.2 Å². The van der Waals surface area contributed by atoms with E-state index in [1.165, 1.54) is 5.57 Å². The Kier molecular flexibility index (Phi) is 6.75. The van der Waals surface area contributed by atoms with Gasteiger partial charge in [0.25, 0.3) is 0 Å². The monoisotopic (exact) mass is 282 g/mol. The van der Waals surface area contributed by atoms with E-state index in [1.807, 2.05) is 32.1 Å². The fraction of sp³-hybridized carbons (Fsp3) is 0.421. The van der Waals surface area contributed by atoms with Gasteiger partial charge in [0.2, 0.25) is 0 Å². The molecule has 1 aliphatic rings. The highest BCUT2D eigenvalue weighted by atomic mass is 15.1. The SMILES string of the molecule is C=C(/C=C\C(C#N)=C/C)C1CCN(C(=C)/C(C)=C/C)CC1. The quantitative estimate of drug-likeness (QED) is 0.537. The predicted molar refractivity (Wildman–Crippen MR) is 90.5 cm³/mol. The van der Waals surface area contributed by atoms with Crippen molar-refractivity contribution in [2.75, 3.05) is 13.1 Å². The van der Waals surface area contributed by atoms with Crippen LogP contribution < -0.4 is 0 Å². The molecule has 1 rings (SSSR count). The van der Waals surface area contributed by atoms with Gasteiger partial charge in [0, 0.05) is 24.4 Å². The van der Waals surface area contributed by atoms with Crippen molar-refractivity contribution in [2.45, 2.75) is 33.6 Å². The Morgan fingerprint density at radius 2 is 1.76 bits per heavy atom. The number of hydrogen-bond donors (Lipinski definition) is 0. The maximum atomic E-state index is 8.90. The van der Waals surface area contributed by atoms with E-state index in [2.05, 4.69) is 37.1 Å². The molecule has 0 radical (unpaired) electrons. The standard InChI is InChI=1S/C19H26N2/c1-6-15(3)17(5)21-12-10-19(11-13-21)16(4)8-9-18(7-2)14-20/h6-9,19H,4-5,10-13H2,1-3H3/b9-8-,15-6+,18-7+. The molecule has 0 unspecified atom stereocenters. The summed E-state index contributed by atoms with van der Waals surface area (Å²) in [7, 11) is 0. The smallest absolute Gasteiger partial charge is 0.0988 e. The summed E-state index contributed by atoms with van der Waals surface area (Å²) in [4.78, 5) is 2.36. The number of hydrogen-bond acceptors (Lipinski definition) is 2. The van der Waals surface area contributed by atoms with Crippen molar-refractivity contribution in [3.05, 3.63) is 59.9 Å². The van der Waals surface area contributed by atoms with Crippen molar-refractivity contribution >= 4 is 0 Å². The molecule has 0 aromatic rings. The molecule has 1 saturated heterocycles. The Bertz CT molecular complexity index is 518. The molecule has 0 aromatic carbocycles. The van der Waals surface area contributed by atoms with Crippen molar-refractivity contribution in [1.29, 1.82) is 5.26 Å². The summed E-state index contributed by atoms with van der Waals surface area (Å²) in [5.74, 6) is 0.507. The van der Waals surface area contributed by atoms with E-state index in [-0.39, 0.29) is 0 Å². The van der Waals surface area contributed by atoms with E-state index in [9.17, 15) is 0 Å². The van der Waals surface area contributed by atoms with Crippen LogP contribution in [0.25, 0.3) is 0 Å². The summed E-state index contributed by atoms with van der Waals surface area (Å²) >= 11 is 0. The fourth-order valence-corrected chi connectivity index (χ4v) is 2.47. The summed E-state index contributed by atoms with van der Waals surface area (Å²) in [6, 6.07) is 2.16. The molecule has 0 aliphatic carbocycles. The van der Waals surface area contributed by atoms with Crippen molar-refractivity contribution in [3.8, 4) is 6.07 Å². The van der Waals surface area contributed by atoms with E-state index >= 15 is 0 Å². The molecule has 0 amide bonds. The summed E-state index contributed by atoms with van der Waals surface area (Å²) < 4.78 is 0. The molecule has 2 nitrogen and oxygen atoms in total. The van der Waals surface area contributed by atoms with Crippen molar-refractivity contribution in [3.63, 3.8) is 0 Å². The predicted octanol–water partition coefficient (Wildman–Crippen LogP) is 4.76. The maximum absolute atomic E-state index is 8.90. The van der Waals surface area contributed by atoms with Gasteiger partial charge in [-0.15, -0.1) is 0 Å². The van der Waals surface area contributed by atoms with Crippen LogP contribution in [0.3, 0.4) is 0 Å². The van der Waals surface area contributed by atoms with Gasteiger partial charge in [-0.1, -0.05) is 37.0 Å². The average Bonchev–Trinajstić information content (AvgIpc) is 2.54. The molecular formula is C19H26N2. The molecule has 112 valence electrons. The van der Waals surface area contributed by atoms with Gasteiger partial charge < -0.3 is 4.90 Å². The normalized spacial score (nSPS) is 17.9. The fourth-order valence-electron chi connectivity index (χ4n) is 2.47. The average molecular weight is 282 g/mol. The Labute approximate surface area is 129 Å². The zero-order valence-corrected chi connectivity index (χ0v) is 13.5. The van der Waals surface area contributed by atoms with E-state index in [1.54, 1.807) is 0 Å². The Balaban J connectivity index is 2.56. The van der Waals surface area contributed by atoms with Gasteiger partial charge in [-0.2, -0.15) is 5.26 Å². The van der Waals surface area contributed by atoms with Crippen molar-refractivity contribution < 1.29 is 0 Å². The van der Waals surface area contributed by atoms with E-state index in [4.69, 9.17) is 5.26 Å². The number of piperidine rings is 1. The van der Waals surface area contributed by atoms with Crippen LogP contribution in [0.2, 0.25) is 0 Å². The van der Waals surface area contributed by atoms with Gasteiger partial charge >= 0.3 is 0 Å². The molecule has 1 heterocycles. The molecule has 0 N–H and O–H groups in total. The van der Waals surface area contributed by atoms with E-state index < -0.39 is 0 Å². The second-order valence-electron chi connectivity index (χ2n) is 5.44. The lowest BCUT2D eigenvalue weighted by atomic mass is 9.89. The number of rotatable bonds is 5. The van der Waals surface area contributed by atoms with Crippen LogP contribution in [0.5, 0.6) is 0 Å². The van der Waals surface area contributed by atoms with Crippen molar-refractivity contribution in [1.82, 2.24) is 4.90 Å². The first-order chi connectivity index (χ1) is 10.0. The van der Waals surface area contributed by atoms with Gasteiger partial charge in [0.15, 0.2) is 0 Å². The molecule has 2 heteroatoms. The molecule has 0 saturated carbocycles. The highest BCUT2D eigenvalue weighted by molar-refractivity contribution is 5.36. The third-order valence-electron chi connectivity index (χ3n) is 4.21. The third kappa shape index (κ3) is 4.79. The van der Waals surface area contributed by atoms with Crippen LogP contribution >= 0.6 is 0 Å². The first-order valence-corrected chi connectivity index (χ1v) is 7.53. The maximum Gasteiger partial charge on any atom is 0.0988 e. The highest BCUT2D eigenvalue weighted by Gasteiger charge is 2.21. The summed E-state index contributed by atoms with van der Waals surface area (Å²) in [6.07, 6.45) is 9.96. The minimum Gasteiger partial charge on any atom is -0.372 e. The van der Waals surface area contributed by atoms with E-state index in [0.29, 0.717) is 11.5 Å². The number of allylic oxidation sites excluding steroid dienone is 7. The van der Waals surface area contributed by atoms with Crippen LogP contribution in [0.4, 0.5) is 0 Å². The molecule has 1 aliphatic heterocycles. The summed E-state index contributed by atoms with van der Waals surface area (Å²) in [5.41, 5.74) is 4.19. The summed E-state index contributed by atoms with van der Waals surface area (Å²) in [6.45, 7) is 16.4. The lowest BCUT2D eigenvalue weighted by Gasteiger charge is -2.35. The number of likely N-dealkylation sites (tertiary alicyclic amines) is 1. The first kappa shape index (κ1) is 17.0. The molecule has 0 aromatic heterocycles. The summed E-state index contributed by atoms with van der Waals surface area (Å²) in [5, 5.41) is 8.90. The van der Waals surface area contributed by atoms with Gasteiger partial charge in [-0.25, -0.2) is 0 Å². The van der Waals surface area contributed by atoms with Crippen LogP contribution in [-0.2, 0) is 0 Å². The minimum atomic E-state index is 0.507. The zero-order chi connectivity index (χ0) is 15.8. The Hall–Kier alpha value is -2.01.